The molecule has 0 atom stereocenters. The van der Waals surface area contributed by atoms with Gasteiger partial charge in [-0.3, -0.25) is 9.82 Å². The summed E-state index contributed by atoms with van der Waals surface area (Å²) in [5.41, 5.74) is 0.856. The van der Waals surface area contributed by atoms with Crippen LogP contribution in [0, 0.1) is 5.92 Å². The molecule has 2 rings (SSSR count). The maximum absolute atomic E-state index is 11.7. The molecule has 17 heavy (non-hydrogen) atoms. The molecule has 0 amide bonds. The summed E-state index contributed by atoms with van der Waals surface area (Å²) in [6.45, 7) is 6.13. The number of aromatic amines is 1. The Balaban J connectivity index is 2.05. The van der Waals surface area contributed by atoms with Gasteiger partial charge in [-0.2, -0.15) is 5.10 Å². The number of sulfonamides is 1. The third kappa shape index (κ3) is 3.46. The van der Waals surface area contributed by atoms with Crippen LogP contribution in [0.25, 0.3) is 0 Å². The molecule has 0 saturated heterocycles. The Hall–Kier alpha value is -1.04. The van der Waals surface area contributed by atoms with Gasteiger partial charge in [0.15, 0.2) is 5.82 Å². The van der Waals surface area contributed by atoms with Crippen molar-refractivity contribution in [2.24, 2.45) is 5.92 Å². The zero-order valence-corrected chi connectivity index (χ0v) is 11.3. The zero-order valence-electron chi connectivity index (χ0n) is 10.4. The molecule has 0 unspecified atom stereocenters. The first kappa shape index (κ1) is 12.4. The zero-order chi connectivity index (χ0) is 12.7. The second kappa shape index (κ2) is 4.01. The van der Waals surface area contributed by atoms with E-state index in [0.29, 0.717) is 11.7 Å². The highest BCUT2D eigenvalue weighted by Gasteiger charge is 2.28. The lowest BCUT2D eigenvalue weighted by Gasteiger charge is -2.14. The highest BCUT2D eigenvalue weighted by atomic mass is 32.2. The molecule has 1 fully saturated rings. The first-order valence-corrected chi connectivity index (χ1v) is 7.48. The van der Waals surface area contributed by atoms with Gasteiger partial charge in [-0.25, -0.2) is 8.42 Å². The fourth-order valence-electron chi connectivity index (χ4n) is 1.55. The van der Waals surface area contributed by atoms with Gasteiger partial charge in [0.05, 0.1) is 5.75 Å². The van der Waals surface area contributed by atoms with Gasteiger partial charge in [0.2, 0.25) is 10.0 Å². The molecule has 96 valence electrons. The minimum atomic E-state index is -3.24. The van der Waals surface area contributed by atoms with Crippen LogP contribution in [0.1, 0.15) is 39.3 Å². The van der Waals surface area contributed by atoms with Crippen molar-refractivity contribution in [2.75, 3.05) is 10.5 Å². The van der Waals surface area contributed by atoms with Crippen molar-refractivity contribution in [2.45, 2.75) is 39.0 Å². The van der Waals surface area contributed by atoms with E-state index in [1.165, 1.54) is 0 Å². The van der Waals surface area contributed by atoms with E-state index in [2.05, 4.69) is 14.9 Å². The van der Waals surface area contributed by atoms with Gasteiger partial charge < -0.3 is 0 Å². The Morgan fingerprint density at radius 2 is 2.12 bits per heavy atom. The van der Waals surface area contributed by atoms with E-state index in [0.717, 1.165) is 18.5 Å². The van der Waals surface area contributed by atoms with Crippen LogP contribution in [0.4, 0.5) is 5.82 Å². The number of hydrogen-bond donors (Lipinski definition) is 2. The topological polar surface area (TPSA) is 74.8 Å². The van der Waals surface area contributed by atoms with Crippen molar-refractivity contribution < 1.29 is 8.42 Å². The van der Waals surface area contributed by atoms with Gasteiger partial charge in [-0.1, -0.05) is 20.8 Å². The number of anilines is 1. The summed E-state index contributed by atoms with van der Waals surface area (Å²) in [6, 6.07) is 1.75. The molecule has 1 aliphatic rings. The van der Waals surface area contributed by atoms with Gasteiger partial charge in [-0.15, -0.1) is 0 Å². The number of hydrogen-bond acceptors (Lipinski definition) is 3. The third-order valence-electron chi connectivity index (χ3n) is 2.80. The van der Waals surface area contributed by atoms with E-state index in [-0.39, 0.29) is 11.2 Å². The summed E-state index contributed by atoms with van der Waals surface area (Å²) in [4.78, 5) is 0. The van der Waals surface area contributed by atoms with Gasteiger partial charge in [0.1, 0.15) is 0 Å². The maximum Gasteiger partial charge on any atom is 0.234 e. The Labute approximate surface area is 102 Å². The highest BCUT2D eigenvalue weighted by Crippen LogP contribution is 2.30. The van der Waals surface area contributed by atoms with Crippen LogP contribution in [0.3, 0.4) is 0 Å². The Bertz CT molecular complexity index is 495. The molecule has 5 nitrogen and oxygen atoms in total. The van der Waals surface area contributed by atoms with Crippen LogP contribution in [0.2, 0.25) is 0 Å². The molecule has 1 saturated carbocycles. The lowest BCUT2D eigenvalue weighted by Crippen LogP contribution is -2.18. The molecule has 0 spiro atoms. The largest absolute Gasteiger partial charge is 0.280 e. The van der Waals surface area contributed by atoms with E-state index in [4.69, 9.17) is 0 Å². The Kier molecular flexibility index (Phi) is 2.93. The first-order chi connectivity index (χ1) is 7.76. The normalized spacial score (nSPS) is 17.1. The molecule has 2 N–H and O–H groups in total. The predicted molar refractivity (Wildman–Crippen MR) is 67.4 cm³/mol. The minimum absolute atomic E-state index is 0.0623. The van der Waals surface area contributed by atoms with Crippen molar-refractivity contribution in [3.05, 3.63) is 11.8 Å². The van der Waals surface area contributed by atoms with Crippen LogP contribution < -0.4 is 4.72 Å². The summed E-state index contributed by atoms with van der Waals surface area (Å²) < 4.78 is 26.0. The number of H-pyrrole nitrogens is 1. The second-order valence-electron chi connectivity index (χ2n) is 5.74. The van der Waals surface area contributed by atoms with Crippen LogP contribution in [-0.4, -0.2) is 24.4 Å². The highest BCUT2D eigenvalue weighted by molar-refractivity contribution is 7.92. The lowest BCUT2D eigenvalue weighted by atomic mass is 9.92. The summed E-state index contributed by atoms with van der Waals surface area (Å²) >= 11 is 0. The van der Waals surface area contributed by atoms with Crippen molar-refractivity contribution in [1.29, 1.82) is 0 Å². The van der Waals surface area contributed by atoms with Crippen molar-refractivity contribution in [3.8, 4) is 0 Å². The quantitative estimate of drug-likeness (QED) is 0.864. The van der Waals surface area contributed by atoms with Crippen molar-refractivity contribution >= 4 is 15.8 Å². The first-order valence-electron chi connectivity index (χ1n) is 5.83. The molecule has 1 aromatic heterocycles. The standard InChI is InChI=1S/C11H19N3O2S/c1-11(2,3)9-6-10(13-12-9)14-17(15,16)7-8-4-5-8/h6,8H,4-5,7H2,1-3H3,(H2,12,13,14). The monoisotopic (exact) mass is 257 g/mol. The van der Waals surface area contributed by atoms with E-state index in [1.54, 1.807) is 6.07 Å². The number of nitrogens with zero attached hydrogens (tertiary/aromatic N) is 1. The lowest BCUT2D eigenvalue weighted by molar-refractivity contribution is 0.567. The number of aromatic nitrogens is 2. The molecule has 6 heteroatoms. The van der Waals surface area contributed by atoms with Crippen LogP contribution in [0.15, 0.2) is 6.07 Å². The summed E-state index contributed by atoms with van der Waals surface area (Å²) in [6.07, 6.45) is 2.05. The molecular weight excluding hydrogens is 238 g/mol. The molecular formula is C11H19N3O2S. The third-order valence-corrected chi connectivity index (χ3v) is 4.23. The van der Waals surface area contributed by atoms with Gasteiger partial charge in [0, 0.05) is 17.2 Å². The Morgan fingerprint density at radius 1 is 1.47 bits per heavy atom. The van der Waals surface area contributed by atoms with Crippen LogP contribution in [-0.2, 0) is 15.4 Å². The van der Waals surface area contributed by atoms with Crippen LogP contribution >= 0.6 is 0 Å². The average Bonchev–Trinajstić information content (AvgIpc) is 2.78. The van der Waals surface area contributed by atoms with Crippen molar-refractivity contribution in [3.63, 3.8) is 0 Å². The smallest absolute Gasteiger partial charge is 0.234 e. The van der Waals surface area contributed by atoms with Gasteiger partial charge in [-0.05, 0) is 18.8 Å². The van der Waals surface area contributed by atoms with E-state index >= 15 is 0 Å². The predicted octanol–water partition coefficient (Wildman–Crippen LogP) is 1.86. The van der Waals surface area contributed by atoms with Gasteiger partial charge >= 0.3 is 0 Å². The fourth-order valence-corrected chi connectivity index (χ4v) is 3.01. The number of rotatable bonds is 4. The van der Waals surface area contributed by atoms with Gasteiger partial charge in [0.25, 0.3) is 0 Å². The van der Waals surface area contributed by atoms with E-state index < -0.39 is 10.0 Å². The molecule has 0 aromatic carbocycles. The van der Waals surface area contributed by atoms with E-state index in [1.807, 2.05) is 20.8 Å². The van der Waals surface area contributed by atoms with Crippen LogP contribution in [0.5, 0.6) is 0 Å². The molecule has 1 aliphatic carbocycles. The summed E-state index contributed by atoms with van der Waals surface area (Å²) in [5, 5.41) is 6.84. The maximum atomic E-state index is 11.7. The minimum Gasteiger partial charge on any atom is -0.280 e. The number of nitrogens with one attached hydrogen (secondary N) is 2. The summed E-state index contributed by atoms with van der Waals surface area (Å²) in [5.74, 6) is 0.939. The molecule has 1 heterocycles. The van der Waals surface area contributed by atoms with Crippen molar-refractivity contribution in [1.82, 2.24) is 10.2 Å². The molecule has 0 bridgehead atoms. The summed E-state index contributed by atoms with van der Waals surface area (Å²) in [7, 11) is -3.24. The van der Waals surface area contributed by atoms with E-state index in [9.17, 15) is 8.42 Å². The fraction of sp³-hybridized carbons (Fsp3) is 0.727. The average molecular weight is 257 g/mol. The molecule has 1 aromatic rings. The molecule has 0 radical (unpaired) electrons. The Morgan fingerprint density at radius 3 is 2.59 bits per heavy atom. The second-order valence-corrected chi connectivity index (χ2v) is 7.51. The molecule has 0 aliphatic heterocycles. The SMILES string of the molecule is CC(C)(C)c1cc(NS(=O)(=O)CC2CC2)n[nH]1.